The van der Waals surface area contributed by atoms with Crippen LogP contribution in [0.1, 0.15) is 38.8 Å². The number of hydrogen-bond donors (Lipinski definition) is 3. The normalized spacial score (nSPS) is 18.5. The molecule has 1 aliphatic rings. The van der Waals surface area contributed by atoms with Gasteiger partial charge in [-0.1, -0.05) is 29.3 Å². The van der Waals surface area contributed by atoms with Gasteiger partial charge >= 0.3 is 6.09 Å². The highest BCUT2D eigenvalue weighted by Gasteiger charge is 2.39. The zero-order chi connectivity index (χ0) is 24.6. The van der Waals surface area contributed by atoms with Crippen LogP contribution in [0.15, 0.2) is 29.2 Å². The number of aromatic amines is 1. The van der Waals surface area contributed by atoms with E-state index >= 15 is 0 Å². The number of H-pyrrole nitrogens is 1. The van der Waals surface area contributed by atoms with Crippen molar-refractivity contribution in [1.82, 2.24) is 24.6 Å². The van der Waals surface area contributed by atoms with Crippen molar-refractivity contribution in [2.24, 2.45) is 0 Å². The number of aromatic nitrogens is 4. The van der Waals surface area contributed by atoms with Gasteiger partial charge in [-0.05, 0) is 44.9 Å². The number of benzene rings is 1. The highest BCUT2D eigenvalue weighted by atomic mass is 35.5. The van der Waals surface area contributed by atoms with Gasteiger partial charge in [0, 0.05) is 13.1 Å². The molecule has 2 aromatic heterocycles. The fraction of sp³-hybridized carbons (Fsp3) is 0.455. The number of anilines is 1. The number of halogens is 2. The predicted molar refractivity (Wildman–Crippen MR) is 129 cm³/mol. The average molecular weight is 509 g/mol. The van der Waals surface area contributed by atoms with Crippen LogP contribution in [0.25, 0.3) is 11.0 Å². The van der Waals surface area contributed by atoms with E-state index in [1.54, 1.807) is 37.6 Å². The third-order valence-electron chi connectivity index (χ3n) is 5.48. The summed E-state index contributed by atoms with van der Waals surface area (Å²) >= 11 is 12.0. The lowest BCUT2D eigenvalue weighted by molar-refractivity contribution is 0.0172. The number of fused-ring (bicyclic) bond motifs is 1. The molecule has 3 N–H and O–H groups in total. The molecule has 34 heavy (non-hydrogen) atoms. The average Bonchev–Trinajstić information content (AvgIpc) is 3.37. The van der Waals surface area contributed by atoms with Crippen LogP contribution >= 0.6 is 23.2 Å². The van der Waals surface area contributed by atoms with Crippen LogP contribution in [0.3, 0.4) is 0 Å². The molecule has 2 unspecified atom stereocenters. The summed E-state index contributed by atoms with van der Waals surface area (Å²) in [5, 5.41) is 18.2. The van der Waals surface area contributed by atoms with E-state index in [1.165, 1.54) is 11.1 Å². The maximum absolute atomic E-state index is 12.9. The standard InChI is InChI=1S/C22H26Cl2N6O4/c1-22(2,3)34-21(33)29-10-13(7-14(29)11-31)30-18-17(9-26-30)27-20(28-19(18)32)25-8-12-4-5-15(23)16(24)6-12/h4-6,9,13-14,31H,7-8,10-11H2,1-3H3,(H2,25,27,28,32). The fourth-order valence-electron chi connectivity index (χ4n) is 3.95. The minimum absolute atomic E-state index is 0.216. The summed E-state index contributed by atoms with van der Waals surface area (Å²) < 4.78 is 7.03. The number of aliphatic hydroxyl groups excluding tert-OH is 1. The molecule has 1 fully saturated rings. The molecule has 182 valence electrons. The minimum atomic E-state index is -0.657. The van der Waals surface area contributed by atoms with E-state index in [4.69, 9.17) is 27.9 Å². The van der Waals surface area contributed by atoms with Crippen LogP contribution in [0.2, 0.25) is 10.0 Å². The first-order valence-corrected chi connectivity index (χ1v) is 11.6. The molecule has 0 saturated carbocycles. The summed E-state index contributed by atoms with van der Waals surface area (Å²) in [6.45, 7) is 5.77. The van der Waals surface area contributed by atoms with Gasteiger partial charge in [-0.3, -0.25) is 14.5 Å². The fourth-order valence-corrected chi connectivity index (χ4v) is 4.27. The third kappa shape index (κ3) is 5.13. The highest BCUT2D eigenvalue weighted by molar-refractivity contribution is 6.42. The van der Waals surface area contributed by atoms with E-state index in [9.17, 15) is 14.7 Å². The Balaban J connectivity index is 1.53. The maximum atomic E-state index is 12.9. The van der Waals surface area contributed by atoms with Crippen LogP contribution in [0.4, 0.5) is 10.7 Å². The Bertz CT molecular complexity index is 1270. The van der Waals surface area contributed by atoms with E-state index in [0.29, 0.717) is 34.0 Å². The second-order valence-corrected chi connectivity index (χ2v) is 10.0. The topological polar surface area (TPSA) is 125 Å². The van der Waals surface area contributed by atoms with Crippen molar-refractivity contribution in [1.29, 1.82) is 0 Å². The predicted octanol–water partition coefficient (Wildman–Crippen LogP) is 3.58. The first-order valence-electron chi connectivity index (χ1n) is 10.8. The van der Waals surface area contributed by atoms with Gasteiger partial charge in [0.2, 0.25) is 5.95 Å². The van der Waals surface area contributed by atoms with Crippen molar-refractivity contribution in [3.8, 4) is 0 Å². The molecular formula is C22H26Cl2N6O4. The summed E-state index contributed by atoms with van der Waals surface area (Å²) in [5.41, 5.74) is 0.561. The molecule has 10 nitrogen and oxygen atoms in total. The van der Waals surface area contributed by atoms with Crippen molar-refractivity contribution in [2.75, 3.05) is 18.5 Å². The van der Waals surface area contributed by atoms with Gasteiger partial charge in [0.15, 0.2) is 5.52 Å². The Morgan fingerprint density at radius 1 is 1.32 bits per heavy atom. The van der Waals surface area contributed by atoms with Gasteiger partial charge in [0.25, 0.3) is 5.56 Å². The summed E-state index contributed by atoms with van der Waals surface area (Å²) in [6, 6.07) is 4.52. The second kappa shape index (κ2) is 9.44. The molecule has 3 aromatic rings. The number of carbonyl (C=O) groups excluding carboxylic acids is 1. The third-order valence-corrected chi connectivity index (χ3v) is 6.22. The Morgan fingerprint density at radius 3 is 2.76 bits per heavy atom. The molecule has 1 aliphatic heterocycles. The van der Waals surface area contributed by atoms with Gasteiger partial charge in [-0.2, -0.15) is 5.10 Å². The van der Waals surface area contributed by atoms with Crippen LogP contribution in [0.5, 0.6) is 0 Å². The molecule has 1 amide bonds. The number of nitrogens with zero attached hydrogens (tertiary/aromatic N) is 4. The molecule has 0 spiro atoms. The maximum Gasteiger partial charge on any atom is 0.410 e. The number of amides is 1. The van der Waals surface area contributed by atoms with E-state index in [-0.39, 0.29) is 30.7 Å². The number of likely N-dealkylation sites (tertiary alicyclic amines) is 1. The number of carbonyl (C=O) groups is 1. The SMILES string of the molecule is CC(C)(C)OC(=O)N1CC(n2ncc3nc(NCc4ccc(Cl)c(Cl)c4)[nH]c(=O)c32)CC1CO. The number of hydrogen-bond acceptors (Lipinski definition) is 7. The first-order chi connectivity index (χ1) is 16.1. The quantitative estimate of drug-likeness (QED) is 0.480. The van der Waals surface area contributed by atoms with Crippen molar-refractivity contribution in [3.05, 3.63) is 50.4 Å². The van der Waals surface area contributed by atoms with Gasteiger partial charge < -0.3 is 20.1 Å². The van der Waals surface area contributed by atoms with E-state index in [1.807, 2.05) is 6.07 Å². The van der Waals surface area contributed by atoms with Crippen LogP contribution in [-0.2, 0) is 11.3 Å². The molecule has 12 heteroatoms. The van der Waals surface area contributed by atoms with Crippen LogP contribution in [-0.4, -0.2) is 60.6 Å². The molecule has 1 saturated heterocycles. The van der Waals surface area contributed by atoms with Crippen LogP contribution < -0.4 is 10.9 Å². The Hall–Kier alpha value is -2.82. The molecule has 1 aromatic carbocycles. The van der Waals surface area contributed by atoms with Gasteiger partial charge in [-0.15, -0.1) is 0 Å². The van der Waals surface area contributed by atoms with Gasteiger partial charge in [-0.25, -0.2) is 9.78 Å². The smallest absolute Gasteiger partial charge is 0.410 e. The van der Waals surface area contributed by atoms with E-state index in [0.717, 1.165) is 5.56 Å². The van der Waals surface area contributed by atoms with Gasteiger partial charge in [0.1, 0.15) is 11.1 Å². The number of nitrogens with one attached hydrogen (secondary N) is 2. The second-order valence-electron chi connectivity index (χ2n) is 9.20. The molecule has 2 atom stereocenters. The van der Waals surface area contributed by atoms with Crippen molar-refractivity contribution < 1.29 is 14.6 Å². The summed E-state index contributed by atoms with van der Waals surface area (Å²) in [4.78, 5) is 34.2. The van der Waals surface area contributed by atoms with Crippen molar-refractivity contribution in [3.63, 3.8) is 0 Å². The number of aliphatic hydroxyl groups is 1. The molecule has 0 bridgehead atoms. The first kappa shape index (κ1) is 24.3. The highest BCUT2D eigenvalue weighted by Crippen LogP contribution is 2.30. The largest absolute Gasteiger partial charge is 0.444 e. The molecular weight excluding hydrogens is 483 g/mol. The lowest BCUT2D eigenvalue weighted by Gasteiger charge is -2.27. The monoisotopic (exact) mass is 508 g/mol. The Kier molecular flexibility index (Phi) is 6.75. The van der Waals surface area contributed by atoms with Gasteiger partial charge in [0.05, 0.1) is 34.9 Å². The number of rotatable bonds is 5. The van der Waals surface area contributed by atoms with Crippen molar-refractivity contribution >= 4 is 46.3 Å². The summed E-state index contributed by atoms with van der Waals surface area (Å²) in [7, 11) is 0. The Morgan fingerprint density at radius 2 is 2.09 bits per heavy atom. The van der Waals surface area contributed by atoms with Crippen LogP contribution in [0, 0.1) is 0 Å². The molecule has 4 rings (SSSR count). The molecule has 0 radical (unpaired) electrons. The Labute approximate surface area is 205 Å². The van der Waals surface area contributed by atoms with Crippen molar-refractivity contribution in [2.45, 2.75) is 51.4 Å². The zero-order valence-electron chi connectivity index (χ0n) is 19.0. The summed E-state index contributed by atoms with van der Waals surface area (Å²) in [6.07, 6.45) is 1.44. The molecule has 0 aliphatic carbocycles. The number of ether oxygens (including phenoxy) is 1. The van der Waals surface area contributed by atoms with E-state index in [2.05, 4.69) is 20.4 Å². The van der Waals surface area contributed by atoms with E-state index < -0.39 is 17.7 Å². The summed E-state index contributed by atoms with van der Waals surface area (Å²) in [5.74, 6) is 0.290. The zero-order valence-corrected chi connectivity index (χ0v) is 20.5. The minimum Gasteiger partial charge on any atom is -0.444 e. The lowest BCUT2D eigenvalue weighted by atomic mass is 10.2. The lowest BCUT2D eigenvalue weighted by Crippen LogP contribution is -2.41. The molecule has 3 heterocycles.